The summed E-state index contributed by atoms with van der Waals surface area (Å²) in [6.07, 6.45) is 1.93. The second kappa shape index (κ2) is 4.09. The van der Waals surface area contributed by atoms with Crippen molar-refractivity contribution >= 4 is 50.3 Å². The molecular weight excluding hydrogens is 342 g/mol. The highest BCUT2D eigenvalue weighted by atomic mass is 127. The number of halogens is 3. The molecule has 11 heavy (non-hydrogen) atoms. The third-order valence-electron chi connectivity index (χ3n) is 1.21. The van der Waals surface area contributed by atoms with Gasteiger partial charge in [-0.3, -0.25) is 0 Å². The minimum atomic E-state index is -0.154. The summed E-state index contributed by atoms with van der Waals surface area (Å²) in [7, 11) is 0. The lowest BCUT2D eigenvalue weighted by Gasteiger charge is -2.03. The van der Waals surface area contributed by atoms with Crippen LogP contribution in [0, 0.1) is 9.39 Å². The van der Waals surface area contributed by atoms with E-state index in [4.69, 9.17) is 0 Å². The van der Waals surface area contributed by atoms with Crippen molar-refractivity contribution in [3.05, 3.63) is 26.0 Å². The van der Waals surface area contributed by atoms with Crippen LogP contribution in [0.2, 0.25) is 0 Å². The molecule has 0 amide bonds. The zero-order valence-electron chi connectivity index (χ0n) is 5.70. The maximum Gasteiger partial charge on any atom is 0.137 e. The molecule has 0 atom stereocenters. The molecule has 1 rings (SSSR count). The number of hydrogen-bond donors (Lipinski definition) is 0. The minimum Gasteiger partial charge on any atom is -0.206 e. The number of hydrogen-bond acceptors (Lipinski definition) is 1. The van der Waals surface area contributed by atoms with E-state index in [9.17, 15) is 4.39 Å². The van der Waals surface area contributed by atoms with Gasteiger partial charge in [-0.15, -0.1) is 11.8 Å². The Hall–Kier alpha value is 0.710. The predicted molar refractivity (Wildman–Crippen MR) is 58.6 cm³/mol. The Morgan fingerprint density at radius 3 is 2.64 bits per heavy atom. The predicted octanol–water partition coefficient (Wildman–Crippen LogP) is 3.91. The van der Waals surface area contributed by atoms with Crippen LogP contribution in [0.3, 0.4) is 0 Å². The maximum absolute atomic E-state index is 12.9. The molecule has 0 unspecified atom stereocenters. The average molecular weight is 347 g/mol. The molecule has 0 aliphatic carbocycles. The fourth-order valence-corrected chi connectivity index (χ4v) is 3.55. The zero-order valence-corrected chi connectivity index (χ0v) is 10.3. The van der Waals surface area contributed by atoms with Crippen molar-refractivity contribution in [1.29, 1.82) is 0 Å². The molecule has 0 spiro atoms. The molecule has 0 N–H and O–H groups in total. The maximum atomic E-state index is 12.9. The lowest BCUT2D eigenvalue weighted by atomic mass is 10.3. The quantitative estimate of drug-likeness (QED) is 0.422. The molecule has 60 valence electrons. The van der Waals surface area contributed by atoms with E-state index in [-0.39, 0.29) is 5.82 Å². The zero-order chi connectivity index (χ0) is 8.43. The van der Waals surface area contributed by atoms with E-state index in [1.165, 1.54) is 6.07 Å². The number of thioether (sulfide) groups is 1. The number of benzene rings is 1. The van der Waals surface area contributed by atoms with E-state index in [1.807, 2.05) is 28.8 Å². The second-order valence-corrected chi connectivity index (χ2v) is 4.63. The Labute approximate surface area is 91.2 Å². The van der Waals surface area contributed by atoms with E-state index in [1.54, 1.807) is 17.8 Å². The summed E-state index contributed by atoms with van der Waals surface area (Å²) in [4.78, 5) is 0.964. The highest BCUT2D eigenvalue weighted by Gasteiger charge is 2.07. The third-order valence-corrected chi connectivity index (χ3v) is 4.38. The Morgan fingerprint density at radius 2 is 2.18 bits per heavy atom. The third kappa shape index (κ3) is 2.09. The van der Waals surface area contributed by atoms with Crippen molar-refractivity contribution in [1.82, 2.24) is 0 Å². The largest absolute Gasteiger partial charge is 0.206 e. The van der Waals surface area contributed by atoms with Gasteiger partial charge in [-0.05, 0) is 56.9 Å². The molecule has 0 fully saturated rings. The first-order valence-corrected chi connectivity index (χ1v) is 5.94. The van der Waals surface area contributed by atoms with E-state index < -0.39 is 0 Å². The van der Waals surface area contributed by atoms with Crippen molar-refractivity contribution in [2.45, 2.75) is 4.90 Å². The first-order valence-electron chi connectivity index (χ1n) is 2.84. The van der Waals surface area contributed by atoms with E-state index in [0.717, 1.165) is 9.37 Å². The molecule has 0 aliphatic heterocycles. The normalized spacial score (nSPS) is 10.2. The lowest BCUT2D eigenvalue weighted by molar-refractivity contribution is 0.615. The van der Waals surface area contributed by atoms with Gasteiger partial charge in [0.05, 0.1) is 3.57 Å². The summed E-state index contributed by atoms with van der Waals surface area (Å²) in [5, 5.41) is 0. The van der Waals surface area contributed by atoms with Crippen molar-refractivity contribution < 1.29 is 4.39 Å². The molecule has 0 aromatic heterocycles. The molecule has 0 radical (unpaired) electrons. The molecule has 0 aliphatic rings. The van der Waals surface area contributed by atoms with Gasteiger partial charge in [0.15, 0.2) is 0 Å². The van der Waals surface area contributed by atoms with Gasteiger partial charge in [0.2, 0.25) is 0 Å². The van der Waals surface area contributed by atoms with Gasteiger partial charge >= 0.3 is 0 Å². The summed E-state index contributed by atoms with van der Waals surface area (Å²) in [5.74, 6) is -0.154. The summed E-state index contributed by atoms with van der Waals surface area (Å²) in [5.41, 5.74) is 0. The highest BCUT2D eigenvalue weighted by molar-refractivity contribution is 14.1. The monoisotopic (exact) mass is 346 g/mol. The molecule has 0 nitrogen and oxygen atoms in total. The van der Waals surface area contributed by atoms with Crippen molar-refractivity contribution in [3.63, 3.8) is 0 Å². The van der Waals surface area contributed by atoms with Crippen LogP contribution < -0.4 is 0 Å². The molecular formula is C7H5BrFIS. The van der Waals surface area contributed by atoms with Crippen LogP contribution in [0.1, 0.15) is 0 Å². The number of rotatable bonds is 1. The van der Waals surface area contributed by atoms with Gasteiger partial charge in [0, 0.05) is 9.37 Å². The van der Waals surface area contributed by atoms with Crippen LogP contribution in [0.25, 0.3) is 0 Å². The van der Waals surface area contributed by atoms with E-state index in [2.05, 4.69) is 15.9 Å². The molecule has 0 saturated heterocycles. The van der Waals surface area contributed by atoms with Crippen LogP contribution in [0.5, 0.6) is 0 Å². The molecule has 1 aromatic carbocycles. The van der Waals surface area contributed by atoms with Crippen molar-refractivity contribution in [2.24, 2.45) is 0 Å². The van der Waals surface area contributed by atoms with Gasteiger partial charge in [-0.2, -0.15) is 0 Å². The lowest BCUT2D eigenvalue weighted by Crippen LogP contribution is -1.85. The molecule has 1 aromatic rings. The summed E-state index contributed by atoms with van der Waals surface area (Å²) in [6, 6.07) is 3.19. The van der Waals surface area contributed by atoms with Crippen LogP contribution in [0.15, 0.2) is 21.5 Å². The summed E-state index contributed by atoms with van der Waals surface area (Å²) >= 11 is 6.90. The Kier molecular flexibility index (Phi) is 3.64. The fraction of sp³-hybridized carbons (Fsp3) is 0.143. The van der Waals surface area contributed by atoms with Crippen LogP contribution in [-0.4, -0.2) is 6.26 Å². The summed E-state index contributed by atoms with van der Waals surface area (Å²) < 4.78 is 14.5. The molecule has 0 bridgehead atoms. The first-order chi connectivity index (χ1) is 5.16. The first kappa shape index (κ1) is 9.80. The van der Waals surface area contributed by atoms with Gasteiger partial charge in [-0.1, -0.05) is 0 Å². The summed E-state index contributed by atoms with van der Waals surface area (Å²) in [6.45, 7) is 0. The van der Waals surface area contributed by atoms with Gasteiger partial charge in [0.25, 0.3) is 0 Å². The standard InChI is InChI=1S/C7H5BrFIS/c1-11-7-4(8)2-3-5(9)6(7)10/h2-3H,1H3. The van der Waals surface area contributed by atoms with Gasteiger partial charge in [-0.25, -0.2) is 4.39 Å². The van der Waals surface area contributed by atoms with Crippen molar-refractivity contribution in [3.8, 4) is 0 Å². The fourth-order valence-electron chi connectivity index (χ4n) is 0.696. The van der Waals surface area contributed by atoms with Gasteiger partial charge in [0.1, 0.15) is 5.82 Å². The van der Waals surface area contributed by atoms with Crippen molar-refractivity contribution in [2.75, 3.05) is 6.26 Å². The molecule has 0 heterocycles. The Morgan fingerprint density at radius 1 is 1.55 bits per heavy atom. The SMILES string of the molecule is CSc1c(Br)ccc(F)c1I. The van der Waals surface area contributed by atoms with Crippen LogP contribution in [-0.2, 0) is 0 Å². The van der Waals surface area contributed by atoms with E-state index in [0.29, 0.717) is 3.57 Å². The molecule has 4 heteroatoms. The second-order valence-electron chi connectivity index (χ2n) is 1.88. The average Bonchev–Trinajstić information content (AvgIpc) is 1.99. The van der Waals surface area contributed by atoms with Crippen LogP contribution >= 0.6 is 50.3 Å². The Bertz CT molecular complexity index is 277. The molecule has 0 saturated carbocycles. The topological polar surface area (TPSA) is 0 Å². The Balaban J connectivity index is 3.29. The highest BCUT2D eigenvalue weighted by Crippen LogP contribution is 2.31. The minimum absolute atomic E-state index is 0.154. The van der Waals surface area contributed by atoms with Gasteiger partial charge < -0.3 is 0 Å². The van der Waals surface area contributed by atoms with E-state index >= 15 is 0 Å². The van der Waals surface area contributed by atoms with Crippen LogP contribution in [0.4, 0.5) is 4.39 Å². The smallest absolute Gasteiger partial charge is 0.137 e.